The van der Waals surface area contributed by atoms with E-state index < -0.39 is 0 Å². The summed E-state index contributed by atoms with van der Waals surface area (Å²) < 4.78 is 8.16. The summed E-state index contributed by atoms with van der Waals surface area (Å²) in [5.74, 6) is 0.968. The fraction of sp³-hybridized carbons (Fsp3) is 0.500. The van der Waals surface area contributed by atoms with Crippen LogP contribution in [0.25, 0.3) is 0 Å². The van der Waals surface area contributed by atoms with Crippen LogP contribution in [-0.2, 0) is 13.1 Å². The topological polar surface area (TPSA) is 102 Å². The summed E-state index contributed by atoms with van der Waals surface area (Å²) in [5, 5.41) is 7.82. The Labute approximate surface area is 186 Å². The van der Waals surface area contributed by atoms with Crippen LogP contribution < -0.4 is 10.6 Å². The number of tetrazole rings is 1. The molecule has 1 aliphatic heterocycles. The van der Waals surface area contributed by atoms with Crippen molar-refractivity contribution in [2.24, 2.45) is 5.92 Å². The van der Waals surface area contributed by atoms with Gasteiger partial charge in [0, 0.05) is 38.4 Å². The zero-order valence-electron chi connectivity index (χ0n) is 18.7. The highest BCUT2D eigenvalue weighted by Gasteiger charge is 2.36. The number of aromatic nitrogens is 5. The van der Waals surface area contributed by atoms with Gasteiger partial charge in [0.2, 0.25) is 0 Å². The van der Waals surface area contributed by atoms with E-state index in [1.807, 2.05) is 26.0 Å². The van der Waals surface area contributed by atoms with E-state index in [0.717, 1.165) is 25.1 Å². The van der Waals surface area contributed by atoms with Crippen molar-refractivity contribution in [1.82, 2.24) is 29.7 Å². The highest BCUT2D eigenvalue weighted by Crippen LogP contribution is 2.28. The zero-order chi connectivity index (χ0) is 22.7. The molecule has 0 bridgehead atoms. The molecule has 1 fully saturated rings. The van der Waals surface area contributed by atoms with Gasteiger partial charge in [0.15, 0.2) is 5.76 Å². The number of hydrogen-bond acceptors (Lipinski definition) is 7. The summed E-state index contributed by atoms with van der Waals surface area (Å²) in [5.41, 5.74) is 0.860. The highest BCUT2D eigenvalue weighted by molar-refractivity contribution is 6.04. The third-order valence-corrected chi connectivity index (χ3v) is 6.00. The van der Waals surface area contributed by atoms with Crippen molar-refractivity contribution in [2.45, 2.75) is 46.3 Å². The first-order valence-electron chi connectivity index (χ1n) is 11.0. The number of piperidine rings is 1. The maximum Gasteiger partial charge on any atom is 0.363 e. The fourth-order valence-electron chi connectivity index (χ4n) is 4.28. The van der Waals surface area contributed by atoms with Crippen molar-refractivity contribution in [2.75, 3.05) is 24.5 Å². The molecule has 0 radical (unpaired) electrons. The minimum absolute atomic E-state index is 0.0122. The average Bonchev–Trinajstić information content (AvgIpc) is 3.44. The molecule has 10 heteroatoms. The molecule has 0 saturated carbocycles. The number of amides is 1. The summed E-state index contributed by atoms with van der Waals surface area (Å²) in [6, 6.07) is 7.25. The number of carbonyl (C=O) groups is 1. The minimum Gasteiger partial charge on any atom is -0.459 e. The Balaban J connectivity index is 1.48. The molecule has 3 aromatic rings. The first kappa shape index (κ1) is 21.9. The number of aryl methyl sites for hydroxylation is 2. The van der Waals surface area contributed by atoms with Gasteiger partial charge in [-0.15, -0.1) is 0 Å². The molecule has 4 heterocycles. The van der Waals surface area contributed by atoms with Gasteiger partial charge < -0.3 is 9.32 Å². The van der Waals surface area contributed by atoms with Crippen LogP contribution in [0.1, 0.15) is 36.4 Å². The predicted octanol–water partition coefficient (Wildman–Crippen LogP) is 1.81. The van der Waals surface area contributed by atoms with E-state index in [1.165, 1.54) is 15.6 Å². The van der Waals surface area contributed by atoms with Crippen molar-refractivity contribution in [3.63, 3.8) is 0 Å². The van der Waals surface area contributed by atoms with Gasteiger partial charge in [0.05, 0.1) is 12.8 Å². The van der Waals surface area contributed by atoms with E-state index in [0.29, 0.717) is 31.2 Å². The van der Waals surface area contributed by atoms with Crippen molar-refractivity contribution in [3.05, 3.63) is 58.5 Å². The SMILES string of the molecule is CCn1nnn(CCN2CC[C@@H](N(C(=O)c3ccco3)c3cc(C)ccn3)[C@@H](C)C2)c1=O. The van der Waals surface area contributed by atoms with E-state index in [1.54, 1.807) is 23.2 Å². The van der Waals surface area contributed by atoms with Crippen molar-refractivity contribution in [3.8, 4) is 0 Å². The van der Waals surface area contributed by atoms with Crippen LogP contribution in [0.2, 0.25) is 0 Å². The maximum absolute atomic E-state index is 13.3. The molecule has 0 unspecified atom stereocenters. The Hall–Kier alpha value is -3.27. The number of anilines is 1. The molecule has 0 N–H and O–H groups in total. The van der Waals surface area contributed by atoms with Crippen LogP contribution in [0, 0.1) is 12.8 Å². The van der Waals surface area contributed by atoms with Gasteiger partial charge in [-0.2, -0.15) is 9.36 Å². The molecule has 1 aliphatic rings. The lowest BCUT2D eigenvalue weighted by Crippen LogP contribution is -2.53. The van der Waals surface area contributed by atoms with Crippen LogP contribution in [0.4, 0.5) is 5.82 Å². The molecule has 170 valence electrons. The number of hydrogen-bond donors (Lipinski definition) is 0. The Bertz CT molecular complexity index is 1100. The molecule has 32 heavy (non-hydrogen) atoms. The van der Waals surface area contributed by atoms with Crippen LogP contribution >= 0.6 is 0 Å². The van der Waals surface area contributed by atoms with E-state index in [9.17, 15) is 9.59 Å². The van der Waals surface area contributed by atoms with Crippen molar-refractivity contribution >= 4 is 11.7 Å². The predicted molar refractivity (Wildman–Crippen MR) is 118 cm³/mol. The normalized spacial score (nSPS) is 19.2. The molecule has 1 saturated heterocycles. The second kappa shape index (κ2) is 9.47. The van der Waals surface area contributed by atoms with Crippen LogP contribution in [0.5, 0.6) is 0 Å². The molecule has 0 aliphatic carbocycles. The monoisotopic (exact) mass is 439 g/mol. The standard InChI is InChI=1S/C22H29N7O3/c1-4-27-22(31)28(25-24-27)12-11-26-10-8-18(17(3)15-26)29(20-14-16(2)7-9-23-20)21(30)19-6-5-13-32-19/h5-7,9,13-14,17-18H,4,8,10-12,15H2,1-3H3/t17-,18+/m0/s1. The summed E-state index contributed by atoms with van der Waals surface area (Å²) in [6.45, 7) is 9.31. The lowest BCUT2D eigenvalue weighted by molar-refractivity contribution is 0.0901. The first-order chi connectivity index (χ1) is 15.5. The van der Waals surface area contributed by atoms with E-state index in [2.05, 4.69) is 27.2 Å². The maximum atomic E-state index is 13.3. The van der Waals surface area contributed by atoms with Crippen molar-refractivity contribution in [1.29, 1.82) is 0 Å². The van der Waals surface area contributed by atoms with Crippen LogP contribution in [0.3, 0.4) is 0 Å². The second-order valence-electron chi connectivity index (χ2n) is 8.28. The van der Waals surface area contributed by atoms with E-state index in [-0.39, 0.29) is 23.6 Å². The average molecular weight is 440 g/mol. The molecule has 0 aromatic carbocycles. The van der Waals surface area contributed by atoms with Crippen molar-refractivity contribution < 1.29 is 9.21 Å². The number of carbonyl (C=O) groups excluding carboxylic acids is 1. The number of likely N-dealkylation sites (tertiary alicyclic amines) is 1. The quantitative estimate of drug-likeness (QED) is 0.553. The summed E-state index contributed by atoms with van der Waals surface area (Å²) >= 11 is 0. The third kappa shape index (κ3) is 4.50. The van der Waals surface area contributed by atoms with Gasteiger partial charge in [-0.1, -0.05) is 6.92 Å². The summed E-state index contributed by atoms with van der Waals surface area (Å²) in [4.78, 5) is 34.1. The largest absolute Gasteiger partial charge is 0.459 e. The molecule has 4 rings (SSSR count). The Morgan fingerprint density at radius 1 is 1.25 bits per heavy atom. The third-order valence-electron chi connectivity index (χ3n) is 6.00. The summed E-state index contributed by atoms with van der Waals surface area (Å²) in [6.07, 6.45) is 4.03. The van der Waals surface area contributed by atoms with Crippen LogP contribution in [0.15, 0.2) is 45.9 Å². The molecule has 3 aromatic heterocycles. The number of rotatable bonds is 7. The zero-order valence-corrected chi connectivity index (χ0v) is 18.7. The Kier molecular flexibility index (Phi) is 6.50. The van der Waals surface area contributed by atoms with E-state index >= 15 is 0 Å². The lowest BCUT2D eigenvalue weighted by atomic mass is 9.92. The molecular formula is C22H29N7O3. The van der Waals surface area contributed by atoms with Crippen LogP contribution in [-0.4, -0.2) is 61.3 Å². The first-order valence-corrected chi connectivity index (χ1v) is 11.0. The molecule has 1 amide bonds. The number of nitrogens with zero attached hydrogens (tertiary/aromatic N) is 7. The smallest absolute Gasteiger partial charge is 0.363 e. The highest BCUT2D eigenvalue weighted by atomic mass is 16.3. The Morgan fingerprint density at radius 3 is 2.72 bits per heavy atom. The van der Waals surface area contributed by atoms with Gasteiger partial charge in [-0.3, -0.25) is 9.69 Å². The van der Waals surface area contributed by atoms with Gasteiger partial charge in [0.25, 0.3) is 5.91 Å². The molecule has 0 spiro atoms. The fourth-order valence-corrected chi connectivity index (χ4v) is 4.28. The second-order valence-corrected chi connectivity index (χ2v) is 8.28. The van der Waals surface area contributed by atoms with Gasteiger partial charge >= 0.3 is 5.69 Å². The van der Waals surface area contributed by atoms with Gasteiger partial charge in [-0.05, 0) is 66.4 Å². The van der Waals surface area contributed by atoms with Gasteiger partial charge in [-0.25, -0.2) is 9.78 Å². The Morgan fingerprint density at radius 2 is 2.06 bits per heavy atom. The number of pyridine rings is 1. The molecule has 2 atom stereocenters. The number of furan rings is 1. The summed E-state index contributed by atoms with van der Waals surface area (Å²) in [7, 11) is 0. The minimum atomic E-state index is -0.184. The molecular weight excluding hydrogens is 410 g/mol. The lowest BCUT2D eigenvalue weighted by Gasteiger charge is -2.42. The molecule has 10 nitrogen and oxygen atoms in total. The van der Waals surface area contributed by atoms with E-state index in [4.69, 9.17) is 4.42 Å². The van der Waals surface area contributed by atoms with Gasteiger partial charge in [0.1, 0.15) is 5.82 Å².